The van der Waals surface area contributed by atoms with Crippen LogP contribution in [0.2, 0.25) is 5.02 Å². The summed E-state index contributed by atoms with van der Waals surface area (Å²) in [6.07, 6.45) is -4.63. The quantitative estimate of drug-likeness (QED) is 0.740. The van der Waals surface area contributed by atoms with E-state index in [1.54, 1.807) is 0 Å². The second kappa shape index (κ2) is 4.57. The summed E-state index contributed by atoms with van der Waals surface area (Å²) in [5.41, 5.74) is 3.66. The molecular formula is C11H9ClF3N3O2. The number of rotatable bonds is 1. The summed E-state index contributed by atoms with van der Waals surface area (Å²) >= 11 is 5.67. The predicted octanol–water partition coefficient (Wildman–Crippen LogP) is 1.83. The average Bonchev–Trinajstić information content (AvgIpc) is 2.69. The molecule has 2 amide bonds. The molecule has 1 aliphatic heterocycles. The highest BCUT2D eigenvalue weighted by Gasteiger charge is 2.61. The molecule has 0 bridgehead atoms. The maximum absolute atomic E-state index is 12.9. The number of alkyl halides is 3. The van der Waals surface area contributed by atoms with Gasteiger partial charge in [0.25, 0.3) is 5.72 Å². The minimum Gasteiger partial charge on any atom is -0.359 e. The van der Waals surface area contributed by atoms with Gasteiger partial charge in [-0.05, 0) is 17.7 Å². The highest BCUT2D eigenvalue weighted by molar-refractivity contribution is 6.30. The van der Waals surface area contributed by atoms with Crippen LogP contribution < -0.4 is 11.2 Å². The summed E-state index contributed by atoms with van der Waals surface area (Å²) < 4.78 is 38.7. The molecule has 0 saturated heterocycles. The van der Waals surface area contributed by atoms with E-state index >= 15 is 0 Å². The minimum atomic E-state index is -5.11. The number of nitrogens with zero attached hydrogens (tertiary/aromatic N) is 1. The molecule has 20 heavy (non-hydrogen) atoms. The fourth-order valence-corrected chi connectivity index (χ4v) is 1.84. The molecule has 108 valence electrons. The first-order valence-corrected chi connectivity index (χ1v) is 5.67. The second-order valence-corrected chi connectivity index (χ2v) is 4.51. The van der Waals surface area contributed by atoms with Crippen molar-refractivity contribution in [3.63, 3.8) is 0 Å². The first-order valence-electron chi connectivity index (χ1n) is 5.29. The van der Waals surface area contributed by atoms with E-state index in [-0.39, 0.29) is 10.7 Å². The Labute approximate surface area is 116 Å². The van der Waals surface area contributed by atoms with Crippen LogP contribution in [0.1, 0.15) is 5.56 Å². The van der Waals surface area contributed by atoms with E-state index in [4.69, 9.17) is 17.3 Å². The van der Waals surface area contributed by atoms with Gasteiger partial charge in [-0.25, -0.2) is 4.79 Å². The van der Waals surface area contributed by atoms with Gasteiger partial charge in [-0.3, -0.25) is 5.43 Å². The zero-order valence-corrected chi connectivity index (χ0v) is 10.5. The summed E-state index contributed by atoms with van der Waals surface area (Å²) in [6, 6.07) is 4.31. The summed E-state index contributed by atoms with van der Waals surface area (Å²) in [6.45, 7) is 0. The fraction of sp³-hybridized carbons (Fsp3) is 0.182. The Bertz CT molecular complexity index is 573. The van der Waals surface area contributed by atoms with Gasteiger partial charge in [0, 0.05) is 11.1 Å². The zero-order valence-electron chi connectivity index (χ0n) is 9.78. The van der Waals surface area contributed by atoms with E-state index in [0.717, 1.165) is 0 Å². The number of urea groups is 1. The van der Waals surface area contributed by atoms with E-state index in [2.05, 4.69) is 5.43 Å². The molecule has 2 rings (SSSR count). The van der Waals surface area contributed by atoms with Crippen LogP contribution in [0.4, 0.5) is 18.0 Å². The Hall–Kier alpha value is -1.93. The number of amides is 2. The maximum Gasteiger partial charge on any atom is 0.442 e. The topological polar surface area (TPSA) is 78.6 Å². The Morgan fingerprint density at radius 2 is 1.90 bits per heavy atom. The SMILES string of the molecule is NC(=O)N1NC(c2ccc(Cl)cc2)=C[C@]1(O)C(F)(F)F. The van der Waals surface area contributed by atoms with Crippen molar-refractivity contribution in [2.75, 3.05) is 0 Å². The van der Waals surface area contributed by atoms with Crippen molar-refractivity contribution in [1.82, 2.24) is 10.4 Å². The lowest BCUT2D eigenvalue weighted by Gasteiger charge is -2.32. The van der Waals surface area contributed by atoms with Gasteiger partial charge in [-0.1, -0.05) is 23.7 Å². The standard InChI is InChI=1S/C11H9ClF3N3O2/c12-7-3-1-6(2-4-7)8-5-10(20,11(13,14)15)18(17-8)9(16)19/h1-5,17,20H,(H2,16,19)/t10-/m0/s1. The maximum atomic E-state index is 12.9. The van der Waals surface area contributed by atoms with E-state index in [1.165, 1.54) is 24.3 Å². The molecule has 1 atom stereocenters. The van der Waals surface area contributed by atoms with E-state index in [0.29, 0.717) is 16.7 Å². The lowest BCUT2D eigenvalue weighted by atomic mass is 10.1. The number of hydrogen-bond acceptors (Lipinski definition) is 3. The summed E-state index contributed by atoms with van der Waals surface area (Å²) in [4.78, 5) is 11.1. The van der Waals surface area contributed by atoms with Crippen LogP contribution in [0.25, 0.3) is 5.70 Å². The molecule has 5 nitrogen and oxygen atoms in total. The zero-order chi connectivity index (χ0) is 15.1. The molecule has 0 fully saturated rings. The monoisotopic (exact) mass is 307 g/mol. The predicted molar refractivity (Wildman–Crippen MR) is 65.0 cm³/mol. The molecule has 1 aliphatic rings. The third-order valence-corrected chi connectivity index (χ3v) is 2.96. The van der Waals surface area contributed by atoms with E-state index in [9.17, 15) is 23.1 Å². The third kappa shape index (κ3) is 2.27. The number of hydrazine groups is 1. The van der Waals surface area contributed by atoms with E-state index in [1.807, 2.05) is 0 Å². The molecule has 4 N–H and O–H groups in total. The summed E-state index contributed by atoms with van der Waals surface area (Å²) in [5, 5.41) is 9.99. The van der Waals surface area contributed by atoms with Crippen LogP contribution in [-0.2, 0) is 0 Å². The van der Waals surface area contributed by atoms with Gasteiger partial charge in [0.15, 0.2) is 0 Å². The molecule has 1 aromatic rings. The van der Waals surface area contributed by atoms with Gasteiger partial charge >= 0.3 is 12.2 Å². The van der Waals surface area contributed by atoms with Gasteiger partial charge in [0.2, 0.25) is 0 Å². The van der Waals surface area contributed by atoms with Crippen molar-refractivity contribution in [3.05, 3.63) is 40.9 Å². The average molecular weight is 308 g/mol. The highest BCUT2D eigenvalue weighted by atomic mass is 35.5. The summed E-state index contributed by atoms with van der Waals surface area (Å²) in [7, 11) is 0. The molecule has 0 spiro atoms. The third-order valence-electron chi connectivity index (χ3n) is 2.71. The van der Waals surface area contributed by atoms with Crippen molar-refractivity contribution in [2.45, 2.75) is 11.9 Å². The van der Waals surface area contributed by atoms with Gasteiger partial charge in [0.1, 0.15) is 0 Å². The van der Waals surface area contributed by atoms with Crippen molar-refractivity contribution >= 4 is 23.3 Å². The fourth-order valence-electron chi connectivity index (χ4n) is 1.71. The number of carbonyl (C=O) groups excluding carboxylic acids is 1. The van der Waals surface area contributed by atoms with E-state index < -0.39 is 17.9 Å². The van der Waals surface area contributed by atoms with Gasteiger partial charge in [-0.15, -0.1) is 0 Å². The van der Waals surface area contributed by atoms with Crippen LogP contribution in [0.15, 0.2) is 30.3 Å². The molecule has 0 radical (unpaired) electrons. The number of halogens is 4. The Kier molecular flexibility index (Phi) is 3.31. The van der Waals surface area contributed by atoms with Crippen molar-refractivity contribution < 1.29 is 23.1 Å². The van der Waals surface area contributed by atoms with Crippen LogP contribution in [0, 0.1) is 0 Å². The number of primary amides is 1. The smallest absolute Gasteiger partial charge is 0.359 e. The Balaban J connectivity index is 2.45. The van der Waals surface area contributed by atoms with Crippen molar-refractivity contribution in [3.8, 4) is 0 Å². The molecule has 0 aliphatic carbocycles. The molecule has 0 unspecified atom stereocenters. The number of hydrogen-bond donors (Lipinski definition) is 3. The number of benzene rings is 1. The molecule has 0 saturated carbocycles. The normalized spacial score (nSPS) is 22.4. The number of nitrogens with one attached hydrogen (secondary N) is 1. The molecule has 9 heteroatoms. The van der Waals surface area contributed by atoms with Gasteiger partial charge in [0.05, 0.1) is 5.70 Å². The van der Waals surface area contributed by atoms with Gasteiger partial charge in [-0.2, -0.15) is 18.2 Å². The number of aliphatic hydroxyl groups is 1. The minimum absolute atomic E-state index is 0.0864. The van der Waals surface area contributed by atoms with Crippen LogP contribution in [0.3, 0.4) is 0 Å². The molecular weight excluding hydrogens is 299 g/mol. The molecule has 1 heterocycles. The second-order valence-electron chi connectivity index (χ2n) is 4.07. The first-order chi connectivity index (χ1) is 9.15. The lowest BCUT2D eigenvalue weighted by molar-refractivity contribution is -0.282. The largest absolute Gasteiger partial charge is 0.442 e. The number of nitrogens with two attached hydrogens (primary N) is 1. The number of carbonyl (C=O) groups is 1. The van der Waals surface area contributed by atoms with Crippen LogP contribution >= 0.6 is 11.6 Å². The molecule has 0 aromatic heterocycles. The summed E-state index contributed by atoms with van der Waals surface area (Å²) in [5.74, 6) is 0. The van der Waals surface area contributed by atoms with Gasteiger partial charge < -0.3 is 10.8 Å². The van der Waals surface area contributed by atoms with Crippen molar-refractivity contribution in [2.24, 2.45) is 5.73 Å². The Morgan fingerprint density at radius 1 is 1.35 bits per heavy atom. The Morgan fingerprint density at radius 3 is 2.30 bits per heavy atom. The van der Waals surface area contributed by atoms with Crippen LogP contribution in [-0.4, -0.2) is 28.0 Å². The first kappa shape index (κ1) is 14.5. The van der Waals surface area contributed by atoms with Crippen LogP contribution in [0.5, 0.6) is 0 Å². The van der Waals surface area contributed by atoms with Crippen molar-refractivity contribution in [1.29, 1.82) is 0 Å². The molecule has 1 aromatic carbocycles. The lowest BCUT2D eigenvalue weighted by Crippen LogP contribution is -2.61. The highest BCUT2D eigenvalue weighted by Crippen LogP contribution is 2.39.